The number of nitrogens with zero attached hydrogens (tertiary/aromatic N) is 3. The molecule has 1 N–H and O–H groups in total. The van der Waals surface area contributed by atoms with E-state index in [-0.39, 0.29) is 11.8 Å². The summed E-state index contributed by atoms with van der Waals surface area (Å²) < 4.78 is 2.42. The average molecular weight is 429 g/mol. The van der Waals surface area contributed by atoms with E-state index in [1.54, 1.807) is 0 Å². The molecule has 4 rings (SSSR count). The van der Waals surface area contributed by atoms with Gasteiger partial charge in [0.2, 0.25) is 10.6 Å². The first-order valence-electron chi connectivity index (χ1n) is 8.41. The number of carbonyl (C=O) groups excluding carboxylic acids is 1. The van der Waals surface area contributed by atoms with Crippen LogP contribution in [0.15, 0.2) is 69.4 Å². The first-order chi connectivity index (χ1) is 12.7. The van der Waals surface area contributed by atoms with Crippen molar-refractivity contribution in [2.24, 2.45) is 5.92 Å². The van der Waals surface area contributed by atoms with Gasteiger partial charge >= 0.3 is 0 Å². The Balaban J connectivity index is 1.57. The van der Waals surface area contributed by atoms with Gasteiger partial charge < -0.3 is 5.32 Å². The summed E-state index contributed by atoms with van der Waals surface area (Å²) in [7, 11) is 0. The lowest BCUT2D eigenvalue weighted by Gasteiger charge is -2.11. The second-order valence-corrected chi connectivity index (χ2v) is 7.89. The Morgan fingerprint density at radius 3 is 2.65 bits per heavy atom. The van der Waals surface area contributed by atoms with E-state index in [0.717, 1.165) is 34.1 Å². The predicted octanol–water partition coefficient (Wildman–Crippen LogP) is 4.59. The van der Waals surface area contributed by atoms with E-state index in [1.165, 1.54) is 11.8 Å². The predicted molar refractivity (Wildman–Crippen MR) is 105 cm³/mol. The molecule has 3 aromatic rings. The zero-order chi connectivity index (χ0) is 17.9. The topological polar surface area (TPSA) is 59.8 Å². The van der Waals surface area contributed by atoms with Crippen LogP contribution in [0, 0.1) is 5.92 Å². The summed E-state index contributed by atoms with van der Waals surface area (Å²) in [6.45, 7) is 0.637. The highest BCUT2D eigenvalue weighted by atomic mass is 79.9. The first kappa shape index (κ1) is 17.3. The van der Waals surface area contributed by atoms with Crippen molar-refractivity contribution < 1.29 is 4.79 Å². The Hall–Kier alpha value is -2.12. The molecule has 0 bridgehead atoms. The number of hydrogen-bond donors (Lipinski definition) is 1. The van der Waals surface area contributed by atoms with Crippen LogP contribution in [-0.4, -0.2) is 20.7 Å². The third-order valence-electron chi connectivity index (χ3n) is 4.08. The molecule has 7 heteroatoms. The summed E-state index contributed by atoms with van der Waals surface area (Å²) in [5, 5.41) is 8.26. The zero-order valence-electron chi connectivity index (χ0n) is 13.9. The molecule has 26 heavy (non-hydrogen) atoms. The molecule has 1 aromatic heterocycles. The summed E-state index contributed by atoms with van der Waals surface area (Å²) in [6, 6.07) is 17.9. The van der Waals surface area contributed by atoms with Crippen molar-refractivity contribution in [3.05, 3.63) is 64.9 Å². The highest BCUT2D eigenvalue weighted by Gasteiger charge is 2.30. The Morgan fingerprint density at radius 2 is 1.88 bits per heavy atom. The van der Waals surface area contributed by atoms with Gasteiger partial charge in [-0.1, -0.05) is 42.5 Å². The van der Waals surface area contributed by atoms with Crippen LogP contribution in [0.4, 0.5) is 5.69 Å². The van der Waals surface area contributed by atoms with Crippen LogP contribution < -0.4 is 5.32 Å². The van der Waals surface area contributed by atoms with E-state index in [0.29, 0.717) is 11.3 Å². The maximum Gasteiger partial charge on any atom is 0.227 e. The molecule has 1 aliphatic carbocycles. The van der Waals surface area contributed by atoms with Crippen molar-refractivity contribution in [1.82, 2.24) is 14.8 Å². The molecule has 1 saturated carbocycles. The lowest BCUT2D eigenvalue weighted by atomic mass is 10.2. The highest BCUT2D eigenvalue weighted by Crippen LogP contribution is 2.35. The van der Waals surface area contributed by atoms with E-state index in [1.807, 2.05) is 47.1 Å². The van der Waals surface area contributed by atoms with E-state index in [9.17, 15) is 4.79 Å². The maximum absolute atomic E-state index is 12.1. The monoisotopic (exact) mass is 428 g/mol. The molecule has 0 aliphatic heterocycles. The number of benzene rings is 2. The summed E-state index contributed by atoms with van der Waals surface area (Å²) in [6.07, 6.45) is 1.97. The lowest BCUT2D eigenvalue weighted by molar-refractivity contribution is -0.117. The minimum atomic E-state index is 0.102. The van der Waals surface area contributed by atoms with Gasteiger partial charge in [-0.3, -0.25) is 4.79 Å². The number of anilines is 1. The van der Waals surface area contributed by atoms with E-state index in [4.69, 9.17) is 0 Å². The molecule has 0 spiro atoms. The highest BCUT2D eigenvalue weighted by molar-refractivity contribution is 9.10. The van der Waals surface area contributed by atoms with Crippen LogP contribution >= 0.6 is 27.7 Å². The van der Waals surface area contributed by atoms with Crippen molar-refractivity contribution in [3.63, 3.8) is 0 Å². The van der Waals surface area contributed by atoms with Gasteiger partial charge in [0.1, 0.15) is 0 Å². The third-order valence-corrected chi connectivity index (χ3v) is 5.48. The van der Waals surface area contributed by atoms with Crippen LogP contribution in [0.1, 0.15) is 18.4 Å². The number of aromatic nitrogens is 3. The number of hydrogen-bond acceptors (Lipinski definition) is 4. The number of para-hydroxylation sites is 1. The zero-order valence-corrected chi connectivity index (χ0v) is 16.3. The fourth-order valence-electron chi connectivity index (χ4n) is 2.57. The van der Waals surface area contributed by atoms with Gasteiger partial charge in [0.05, 0.1) is 12.2 Å². The second kappa shape index (κ2) is 7.63. The van der Waals surface area contributed by atoms with Crippen molar-refractivity contribution in [3.8, 4) is 0 Å². The molecule has 0 unspecified atom stereocenters. The van der Waals surface area contributed by atoms with Crippen molar-refractivity contribution >= 4 is 39.3 Å². The van der Waals surface area contributed by atoms with Crippen LogP contribution in [0.25, 0.3) is 0 Å². The number of nitrogens with one attached hydrogen (secondary N) is 1. The Morgan fingerprint density at radius 1 is 1.15 bits per heavy atom. The van der Waals surface area contributed by atoms with Crippen molar-refractivity contribution in [1.29, 1.82) is 0 Å². The smallest absolute Gasteiger partial charge is 0.227 e. The quantitative estimate of drug-likeness (QED) is 0.623. The van der Waals surface area contributed by atoms with Gasteiger partial charge in [0.25, 0.3) is 0 Å². The molecule has 0 radical (unpaired) electrons. The van der Waals surface area contributed by atoms with Crippen LogP contribution in [-0.2, 0) is 11.3 Å². The van der Waals surface area contributed by atoms with Gasteiger partial charge in [0, 0.05) is 10.8 Å². The lowest BCUT2D eigenvalue weighted by Crippen LogP contribution is -2.13. The Labute approximate surface area is 164 Å². The molecular formula is C19H17BrN4OS. The largest absolute Gasteiger partial charge is 0.325 e. The van der Waals surface area contributed by atoms with Crippen LogP contribution in [0.3, 0.4) is 0 Å². The number of amides is 1. The van der Waals surface area contributed by atoms with Gasteiger partial charge in [-0.15, -0.1) is 5.10 Å². The van der Waals surface area contributed by atoms with Gasteiger partial charge in [0.15, 0.2) is 5.16 Å². The number of halogens is 1. The molecule has 1 heterocycles. The van der Waals surface area contributed by atoms with E-state index in [2.05, 4.69) is 43.5 Å². The summed E-state index contributed by atoms with van der Waals surface area (Å²) in [5.41, 5.74) is 1.97. The fourth-order valence-corrected chi connectivity index (χ4v) is 3.97. The molecule has 0 atom stereocenters. The molecular weight excluding hydrogens is 412 g/mol. The second-order valence-electron chi connectivity index (χ2n) is 6.17. The molecule has 0 saturated heterocycles. The van der Waals surface area contributed by atoms with Crippen LogP contribution in [0.5, 0.6) is 0 Å². The van der Waals surface area contributed by atoms with Crippen molar-refractivity contribution in [2.45, 2.75) is 29.4 Å². The summed E-state index contributed by atoms with van der Waals surface area (Å²) in [5.74, 6) is 0.272. The maximum atomic E-state index is 12.1. The SMILES string of the molecule is O=C(Nc1ccccc1Sc1nc(Br)nn1Cc1ccccc1)C1CC1. The van der Waals surface area contributed by atoms with Crippen LogP contribution in [0.2, 0.25) is 0 Å². The molecule has 1 amide bonds. The molecule has 5 nitrogen and oxygen atoms in total. The van der Waals surface area contributed by atoms with Gasteiger partial charge in [-0.2, -0.15) is 4.98 Å². The Kier molecular flexibility index (Phi) is 5.08. The van der Waals surface area contributed by atoms with E-state index >= 15 is 0 Å². The normalized spacial score (nSPS) is 13.6. The van der Waals surface area contributed by atoms with Crippen molar-refractivity contribution in [2.75, 3.05) is 5.32 Å². The molecule has 1 aliphatic rings. The summed E-state index contributed by atoms with van der Waals surface area (Å²) in [4.78, 5) is 17.6. The minimum absolute atomic E-state index is 0.102. The molecule has 132 valence electrons. The molecule has 2 aromatic carbocycles. The third kappa shape index (κ3) is 4.16. The van der Waals surface area contributed by atoms with Gasteiger partial charge in [-0.25, -0.2) is 4.68 Å². The van der Waals surface area contributed by atoms with E-state index < -0.39 is 0 Å². The Bertz CT molecular complexity index is 924. The number of carbonyl (C=O) groups is 1. The molecule has 1 fully saturated rings. The minimum Gasteiger partial charge on any atom is -0.325 e. The average Bonchev–Trinajstić information content (AvgIpc) is 3.43. The van der Waals surface area contributed by atoms with Gasteiger partial charge in [-0.05, 0) is 58.2 Å². The summed E-state index contributed by atoms with van der Waals surface area (Å²) >= 11 is 4.87. The first-order valence-corrected chi connectivity index (χ1v) is 10.0. The fraction of sp³-hybridized carbons (Fsp3) is 0.211. The number of rotatable bonds is 6. The standard InChI is InChI=1S/C19H17BrN4OS/c20-18-22-19(24(23-18)12-13-6-2-1-3-7-13)26-16-9-5-4-8-15(16)21-17(25)14-10-11-14/h1-9,14H,10-12H2,(H,21,25).